The summed E-state index contributed by atoms with van der Waals surface area (Å²) in [6, 6.07) is 3.83. The van der Waals surface area contributed by atoms with Gasteiger partial charge in [-0.3, -0.25) is 10.4 Å². The lowest BCUT2D eigenvalue weighted by Crippen LogP contribution is -2.12. The van der Waals surface area contributed by atoms with Gasteiger partial charge in [-0.05, 0) is 24.3 Å². The van der Waals surface area contributed by atoms with Gasteiger partial charge in [-0.15, -0.1) is 0 Å². The number of hydrogen-bond acceptors (Lipinski definition) is 3. The molecule has 1 aliphatic rings. The van der Waals surface area contributed by atoms with Crippen LogP contribution in [-0.4, -0.2) is 10.7 Å². The molecule has 2 heterocycles. The van der Waals surface area contributed by atoms with Gasteiger partial charge in [0.05, 0.1) is 5.71 Å². The Hall–Kier alpha value is -1.90. The first-order valence-electron chi connectivity index (χ1n) is 3.97. The Bertz CT molecular complexity index is 376. The van der Waals surface area contributed by atoms with Crippen LogP contribution in [0, 0.1) is 0 Å². The van der Waals surface area contributed by atoms with E-state index in [1.54, 1.807) is 12.4 Å². The lowest BCUT2D eigenvalue weighted by molar-refractivity contribution is 0.914. The van der Waals surface area contributed by atoms with Crippen molar-refractivity contribution in [1.29, 1.82) is 0 Å². The Morgan fingerprint density at radius 1 is 1.15 bits per heavy atom. The van der Waals surface area contributed by atoms with E-state index in [9.17, 15) is 0 Å². The van der Waals surface area contributed by atoms with Gasteiger partial charge in [0.15, 0.2) is 0 Å². The maximum absolute atomic E-state index is 4.13. The van der Waals surface area contributed by atoms with E-state index in [2.05, 4.69) is 22.1 Å². The highest BCUT2D eigenvalue weighted by Gasteiger charge is 2.02. The van der Waals surface area contributed by atoms with Gasteiger partial charge in [-0.1, -0.05) is 6.58 Å². The molecule has 1 aliphatic heterocycles. The summed E-state index contributed by atoms with van der Waals surface area (Å²) < 4.78 is 0. The minimum Gasteiger partial charge on any atom is -0.279 e. The normalized spacial score (nSPS) is 15.1. The summed E-state index contributed by atoms with van der Waals surface area (Å²) in [5.74, 6) is 0. The van der Waals surface area contributed by atoms with Crippen molar-refractivity contribution in [2.75, 3.05) is 0 Å². The number of pyridine rings is 1. The fourth-order valence-corrected chi connectivity index (χ4v) is 1.07. The van der Waals surface area contributed by atoms with Crippen LogP contribution in [0.15, 0.2) is 54.1 Å². The van der Waals surface area contributed by atoms with E-state index in [-0.39, 0.29) is 0 Å². The van der Waals surface area contributed by atoms with Crippen molar-refractivity contribution < 1.29 is 0 Å². The molecule has 3 heteroatoms. The first-order valence-corrected chi connectivity index (χ1v) is 3.97. The number of aromatic nitrogens is 1. The second-order valence-electron chi connectivity index (χ2n) is 2.70. The van der Waals surface area contributed by atoms with Crippen LogP contribution in [0.4, 0.5) is 0 Å². The SMILES string of the molecule is C=C1C=CC(c2ccncc2)=NN1. The third-order valence-electron chi connectivity index (χ3n) is 1.74. The minimum absolute atomic E-state index is 0.804. The Kier molecular flexibility index (Phi) is 1.92. The monoisotopic (exact) mass is 171 g/mol. The quantitative estimate of drug-likeness (QED) is 0.694. The predicted molar refractivity (Wildman–Crippen MR) is 52.2 cm³/mol. The average Bonchev–Trinajstić information content (AvgIpc) is 2.20. The van der Waals surface area contributed by atoms with Gasteiger partial charge in [0, 0.05) is 23.7 Å². The molecule has 0 aromatic carbocycles. The zero-order valence-electron chi connectivity index (χ0n) is 7.07. The van der Waals surface area contributed by atoms with E-state index in [1.165, 1.54) is 0 Å². The van der Waals surface area contributed by atoms with Gasteiger partial charge in [0.1, 0.15) is 0 Å². The molecule has 0 aliphatic carbocycles. The number of hydrogen-bond donors (Lipinski definition) is 1. The minimum atomic E-state index is 0.804. The molecule has 3 nitrogen and oxygen atoms in total. The molecule has 13 heavy (non-hydrogen) atoms. The molecule has 2 rings (SSSR count). The molecule has 1 aromatic rings. The molecule has 0 unspecified atom stereocenters. The van der Waals surface area contributed by atoms with Crippen molar-refractivity contribution in [2.45, 2.75) is 0 Å². The van der Waals surface area contributed by atoms with Crippen molar-refractivity contribution in [1.82, 2.24) is 10.4 Å². The summed E-state index contributed by atoms with van der Waals surface area (Å²) in [6.07, 6.45) is 7.31. The molecular weight excluding hydrogens is 162 g/mol. The average molecular weight is 171 g/mol. The largest absolute Gasteiger partial charge is 0.279 e. The summed E-state index contributed by atoms with van der Waals surface area (Å²) in [4.78, 5) is 3.94. The zero-order valence-corrected chi connectivity index (χ0v) is 7.07. The molecule has 64 valence electrons. The second kappa shape index (κ2) is 3.23. The van der Waals surface area contributed by atoms with Crippen LogP contribution in [0.5, 0.6) is 0 Å². The summed E-state index contributed by atoms with van der Waals surface area (Å²) in [5, 5.41) is 4.13. The summed E-state index contributed by atoms with van der Waals surface area (Å²) in [5.41, 5.74) is 5.57. The first-order chi connectivity index (χ1) is 6.36. The highest BCUT2D eigenvalue weighted by molar-refractivity contribution is 6.09. The van der Waals surface area contributed by atoms with Gasteiger partial charge < -0.3 is 0 Å². The molecule has 0 bridgehead atoms. The molecule has 1 aromatic heterocycles. The summed E-state index contributed by atoms with van der Waals surface area (Å²) >= 11 is 0. The fourth-order valence-electron chi connectivity index (χ4n) is 1.07. The molecular formula is C10H9N3. The fraction of sp³-hybridized carbons (Fsp3) is 0. The highest BCUT2D eigenvalue weighted by atomic mass is 15.3. The van der Waals surface area contributed by atoms with E-state index < -0.39 is 0 Å². The number of nitrogens with zero attached hydrogens (tertiary/aromatic N) is 2. The maximum Gasteiger partial charge on any atom is 0.0907 e. The molecule has 0 atom stereocenters. The highest BCUT2D eigenvalue weighted by Crippen LogP contribution is 2.05. The standard InChI is InChI=1S/C10H9N3/c1-8-2-3-10(13-12-8)9-4-6-11-7-5-9/h2-7,12H,1H2. The molecule has 0 spiro atoms. The van der Waals surface area contributed by atoms with E-state index in [0.717, 1.165) is 17.0 Å². The van der Waals surface area contributed by atoms with Crippen molar-refractivity contribution in [3.8, 4) is 0 Å². The van der Waals surface area contributed by atoms with Gasteiger partial charge in [-0.25, -0.2) is 0 Å². The Labute approximate surface area is 76.5 Å². The van der Waals surface area contributed by atoms with Gasteiger partial charge in [0.25, 0.3) is 0 Å². The smallest absolute Gasteiger partial charge is 0.0907 e. The van der Waals surface area contributed by atoms with Gasteiger partial charge in [-0.2, -0.15) is 5.10 Å². The topological polar surface area (TPSA) is 37.3 Å². The first kappa shape index (κ1) is 7.73. The lowest BCUT2D eigenvalue weighted by atomic mass is 10.1. The van der Waals surface area contributed by atoms with Gasteiger partial charge in [0.2, 0.25) is 0 Å². The third kappa shape index (κ3) is 1.64. The molecule has 0 amide bonds. The van der Waals surface area contributed by atoms with Crippen LogP contribution in [0.2, 0.25) is 0 Å². The van der Waals surface area contributed by atoms with E-state index in [1.807, 2.05) is 24.3 Å². The Morgan fingerprint density at radius 2 is 1.92 bits per heavy atom. The zero-order chi connectivity index (χ0) is 9.10. The van der Waals surface area contributed by atoms with Crippen LogP contribution < -0.4 is 5.43 Å². The van der Waals surface area contributed by atoms with Gasteiger partial charge >= 0.3 is 0 Å². The molecule has 1 N–H and O–H groups in total. The Morgan fingerprint density at radius 3 is 2.54 bits per heavy atom. The number of rotatable bonds is 1. The van der Waals surface area contributed by atoms with Crippen molar-refractivity contribution in [3.05, 3.63) is 54.5 Å². The van der Waals surface area contributed by atoms with Crippen LogP contribution in [0.25, 0.3) is 0 Å². The predicted octanol–water partition coefficient (Wildman–Crippen LogP) is 1.46. The van der Waals surface area contributed by atoms with E-state index in [0.29, 0.717) is 0 Å². The van der Waals surface area contributed by atoms with E-state index >= 15 is 0 Å². The van der Waals surface area contributed by atoms with Crippen LogP contribution >= 0.6 is 0 Å². The molecule has 0 saturated carbocycles. The van der Waals surface area contributed by atoms with Crippen molar-refractivity contribution in [2.24, 2.45) is 5.10 Å². The van der Waals surface area contributed by atoms with Crippen LogP contribution in [0.1, 0.15) is 5.56 Å². The molecule has 0 saturated heterocycles. The second-order valence-corrected chi connectivity index (χ2v) is 2.70. The third-order valence-corrected chi connectivity index (χ3v) is 1.74. The van der Waals surface area contributed by atoms with Crippen molar-refractivity contribution >= 4 is 5.71 Å². The lowest BCUT2D eigenvalue weighted by Gasteiger charge is -2.08. The molecule has 0 radical (unpaired) electrons. The number of hydrazone groups is 1. The van der Waals surface area contributed by atoms with Crippen LogP contribution in [0.3, 0.4) is 0 Å². The summed E-state index contributed by atoms with van der Waals surface area (Å²) in [7, 11) is 0. The molecule has 0 fully saturated rings. The number of allylic oxidation sites excluding steroid dienone is 2. The van der Waals surface area contributed by atoms with Crippen LogP contribution in [-0.2, 0) is 0 Å². The summed E-state index contributed by atoms with van der Waals surface area (Å²) in [6.45, 7) is 3.72. The van der Waals surface area contributed by atoms with E-state index in [4.69, 9.17) is 0 Å². The Balaban J connectivity index is 2.30. The van der Waals surface area contributed by atoms with Crippen molar-refractivity contribution in [3.63, 3.8) is 0 Å². The maximum atomic E-state index is 4.13. The number of nitrogens with one attached hydrogen (secondary N) is 1.